The minimum Gasteiger partial charge on any atom is -0.490 e. The van der Waals surface area contributed by atoms with Crippen molar-refractivity contribution in [2.24, 2.45) is 11.8 Å². The molecule has 0 amide bonds. The Morgan fingerprint density at radius 2 is 1.69 bits per heavy atom. The predicted octanol–water partition coefficient (Wildman–Crippen LogP) is 6.14. The van der Waals surface area contributed by atoms with Crippen LogP contribution in [0.2, 0.25) is 0 Å². The Hall–Kier alpha value is -2.18. The zero-order valence-electron chi connectivity index (χ0n) is 21.3. The van der Waals surface area contributed by atoms with Gasteiger partial charge in [-0.25, -0.2) is 4.98 Å². The topological polar surface area (TPSA) is 47.4 Å². The van der Waals surface area contributed by atoms with Gasteiger partial charge < -0.3 is 9.64 Å². The number of rotatable bonds is 9. The minimum absolute atomic E-state index is 0.0522. The van der Waals surface area contributed by atoms with Gasteiger partial charge in [-0.15, -0.1) is 11.3 Å². The Morgan fingerprint density at radius 1 is 0.972 bits per heavy atom. The van der Waals surface area contributed by atoms with Crippen LogP contribution in [-0.4, -0.2) is 39.7 Å². The molecule has 4 fully saturated rings. The fourth-order valence-corrected chi connectivity index (χ4v) is 7.51. The number of ether oxygens (including phenoxy) is 1. The molecule has 2 bridgehead atoms. The van der Waals surface area contributed by atoms with Crippen molar-refractivity contribution in [3.63, 3.8) is 0 Å². The van der Waals surface area contributed by atoms with Crippen LogP contribution < -0.4 is 10.3 Å². The highest BCUT2D eigenvalue weighted by Gasteiger charge is 2.39. The molecule has 190 valence electrons. The molecule has 2 atom stereocenters. The zero-order chi connectivity index (χ0) is 24.2. The summed E-state index contributed by atoms with van der Waals surface area (Å²) in [5, 5.41) is 0. The molecule has 5 nitrogen and oxygen atoms in total. The SMILES string of the molecule is CN1C2CCC1CC(Oc1ccc(-n3cnc4cc(CCC5CC5)sc4c3=O)cc1CCC1CC1)C2. The summed E-state index contributed by atoms with van der Waals surface area (Å²) in [4.78, 5) is 22.0. The van der Waals surface area contributed by atoms with Crippen molar-refractivity contribution in [2.75, 3.05) is 7.05 Å². The van der Waals surface area contributed by atoms with Crippen molar-refractivity contribution in [3.8, 4) is 11.4 Å². The summed E-state index contributed by atoms with van der Waals surface area (Å²) in [5.74, 6) is 2.79. The Kier molecular flexibility index (Phi) is 5.93. The fourth-order valence-electron chi connectivity index (χ4n) is 6.45. The van der Waals surface area contributed by atoms with E-state index in [2.05, 4.69) is 41.2 Å². The molecular formula is C30H37N3O2S. The molecule has 2 saturated heterocycles. The van der Waals surface area contributed by atoms with E-state index in [1.807, 2.05) is 0 Å². The number of benzene rings is 1. The Labute approximate surface area is 217 Å². The lowest BCUT2D eigenvalue weighted by Crippen LogP contribution is -2.43. The molecule has 36 heavy (non-hydrogen) atoms. The van der Waals surface area contributed by atoms with Crippen molar-refractivity contribution in [2.45, 2.75) is 95.2 Å². The van der Waals surface area contributed by atoms with E-state index in [1.165, 1.54) is 61.8 Å². The smallest absolute Gasteiger partial charge is 0.275 e. The largest absolute Gasteiger partial charge is 0.490 e. The van der Waals surface area contributed by atoms with Crippen LogP contribution in [0.25, 0.3) is 15.9 Å². The number of aromatic nitrogens is 2. The Balaban J connectivity index is 1.16. The van der Waals surface area contributed by atoms with E-state index < -0.39 is 0 Å². The number of thiophene rings is 1. The predicted molar refractivity (Wildman–Crippen MR) is 146 cm³/mol. The van der Waals surface area contributed by atoms with Crippen LogP contribution >= 0.6 is 11.3 Å². The van der Waals surface area contributed by atoms with Crippen LogP contribution in [0.3, 0.4) is 0 Å². The fraction of sp³-hybridized carbons (Fsp3) is 0.600. The summed E-state index contributed by atoms with van der Waals surface area (Å²) in [6.07, 6.45) is 16.9. The summed E-state index contributed by atoms with van der Waals surface area (Å²) in [6.45, 7) is 0. The number of aryl methyl sites for hydroxylation is 2. The van der Waals surface area contributed by atoms with Gasteiger partial charge >= 0.3 is 0 Å². The van der Waals surface area contributed by atoms with Gasteiger partial charge in [-0.05, 0) is 100 Å². The maximum atomic E-state index is 13.5. The normalized spacial score (nSPS) is 26.1. The Bertz CT molecular complexity index is 1310. The van der Waals surface area contributed by atoms with Gasteiger partial charge in [0.15, 0.2) is 0 Å². The molecule has 6 heteroatoms. The van der Waals surface area contributed by atoms with Crippen LogP contribution in [0.5, 0.6) is 5.75 Å². The summed E-state index contributed by atoms with van der Waals surface area (Å²) < 4.78 is 9.21. The van der Waals surface area contributed by atoms with E-state index in [1.54, 1.807) is 22.2 Å². The van der Waals surface area contributed by atoms with Gasteiger partial charge in [0.05, 0.1) is 11.2 Å². The quantitative estimate of drug-likeness (QED) is 0.352. The second-order valence-corrected chi connectivity index (χ2v) is 13.0. The number of hydrogen-bond acceptors (Lipinski definition) is 5. The summed E-state index contributed by atoms with van der Waals surface area (Å²) in [5.41, 5.74) is 3.05. The van der Waals surface area contributed by atoms with Gasteiger partial charge in [0, 0.05) is 17.0 Å². The van der Waals surface area contributed by atoms with Gasteiger partial charge in [0.1, 0.15) is 22.9 Å². The van der Waals surface area contributed by atoms with Gasteiger partial charge in [0.2, 0.25) is 0 Å². The molecular weight excluding hydrogens is 466 g/mol. The van der Waals surface area contributed by atoms with Gasteiger partial charge in [0.25, 0.3) is 5.56 Å². The first-order chi connectivity index (χ1) is 17.6. The van der Waals surface area contributed by atoms with E-state index in [0.717, 1.165) is 59.2 Å². The lowest BCUT2D eigenvalue weighted by Gasteiger charge is -2.36. The molecule has 0 radical (unpaired) electrons. The van der Waals surface area contributed by atoms with Gasteiger partial charge in [-0.2, -0.15) is 0 Å². The standard InChI is InChI=1S/C30H37N3O2S/c1-32-22-9-10-23(32)16-25(15-22)35-28-13-11-24(14-21(28)8-6-19-2-3-19)33-18-31-27-17-26(12-7-20-4-5-20)36-29(27)30(33)34/h11,13-14,17-20,22-23,25H,2-10,12,15-16H2,1H3. The second kappa shape index (κ2) is 9.29. The van der Waals surface area contributed by atoms with E-state index in [-0.39, 0.29) is 5.56 Å². The number of hydrogen-bond donors (Lipinski definition) is 0. The molecule has 0 spiro atoms. The summed E-state index contributed by atoms with van der Waals surface area (Å²) in [6, 6.07) is 9.82. The maximum Gasteiger partial charge on any atom is 0.275 e. The first-order valence-corrected chi connectivity index (χ1v) is 14.9. The lowest BCUT2D eigenvalue weighted by molar-refractivity contribution is 0.0655. The molecule has 1 aromatic carbocycles. The van der Waals surface area contributed by atoms with Crippen LogP contribution in [0.4, 0.5) is 0 Å². The van der Waals surface area contributed by atoms with Crippen LogP contribution in [0.15, 0.2) is 35.4 Å². The average Bonchev–Trinajstić information content (AvgIpc) is 3.80. The Morgan fingerprint density at radius 3 is 2.42 bits per heavy atom. The third-order valence-corrected chi connectivity index (χ3v) is 10.3. The third-order valence-electron chi connectivity index (χ3n) is 9.17. The van der Waals surface area contributed by atoms with Crippen LogP contribution in [-0.2, 0) is 12.8 Å². The third kappa shape index (κ3) is 4.63. The molecule has 4 aliphatic rings. The monoisotopic (exact) mass is 503 g/mol. The number of nitrogens with zero attached hydrogens (tertiary/aromatic N) is 3. The van der Waals surface area contributed by atoms with Crippen molar-refractivity contribution in [1.82, 2.24) is 14.5 Å². The van der Waals surface area contributed by atoms with E-state index >= 15 is 0 Å². The van der Waals surface area contributed by atoms with Crippen molar-refractivity contribution < 1.29 is 4.74 Å². The molecule has 2 aliphatic heterocycles. The van der Waals surface area contributed by atoms with Crippen LogP contribution in [0.1, 0.15) is 74.6 Å². The number of fused-ring (bicyclic) bond motifs is 3. The zero-order valence-corrected chi connectivity index (χ0v) is 22.1. The molecule has 4 heterocycles. The van der Waals surface area contributed by atoms with E-state index in [9.17, 15) is 4.79 Å². The first kappa shape index (κ1) is 23.0. The summed E-state index contributed by atoms with van der Waals surface area (Å²) in [7, 11) is 2.28. The lowest BCUT2D eigenvalue weighted by atomic mass is 10.00. The van der Waals surface area contributed by atoms with Crippen LogP contribution in [0, 0.1) is 11.8 Å². The molecule has 2 unspecified atom stereocenters. The van der Waals surface area contributed by atoms with Crippen molar-refractivity contribution >= 4 is 21.6 Å². The molecule has 7 rings (SSSR count). The minimum atomic E-state index is 0.0522. The average molecular weight is 504 g/mol. The van der Waals surface area contributed by atoms with E-state index in [4.69, 9.17) is 4.74 Å². The highest BCUT2D eigenvalue weighted by molar-refractivity contribution is 7.18. The molecule has 2 aromatic heterocycles. The molecule has 3 aromatic rings. The van der Waals surface area contributed by atoms with Gasteiger partial charge in [-0.1, -0.05) is 25.7 Å². The van der Waals surface area contributed by atoms with Gasteiger partial charge in [-0.3, -0.25) is 9.36 Å². The highest BCUT2D eigenvalue weighted by Crippen LogP contribution is 2.39. The molecule has 2 aliphatic carbocycles. The van der Waals surface area contributed by atoms with E-state index in [0.29, 0.717) is 18.2 Å². The van der Waals surface area contributed by atoms with Crippen molar-refractivity contribution in [1.29, 1.82) is 0 Å². The first-order valence-electron chi connectivity index (χ1n) is 14.1. The van der Waals surface area contributed by atoms with Crippen molar-refractivity contribution in [3.05, 3.63) is 51.4 Å². The maximum absolute atomic E-state index is 13.5. The molecule has 0 N–H and O–H groups in total. The second-order valence-electron chi connectivity index (χ2n) is 11.9. The molecule has 2 saturated carbocycles. The number of piperidine rings is 1. The summed E-state index contributed by atoms with van der Waals surface area (Å²) >= 11 is 1.64. The highest BCUT2D eigenvalue weighted by atomic mass is 32.1.